The van der Waals surface area contributed by atoms with Crippen molar-refractivity contribution < 1.29 is 52.4 Å². The van der Waals surface area contributed by atoms with E-state index in [1.807, 2.05) is 0 Å². The zero-order valence-electron chi connectivity index (χ0n) is 18.1. The molecule has 0 aliphatic heterocycles. The molecule has 2 aromatic rings. The van der Waals surface area contributed by atoms with Crippen LogP contribution in [0.2, 0.25) is 0 Å². The molecule has 0 atom stereocenters. The predicted molar refractivity (Wildman–Crippen MR) is 113 cm³/mol. The van der Waals surface area contributed by atoms with Crippen LogP contribution in [-0.4, -0.2) is 13.0 Å². The first-order chi connectivity index (χ1) is 13.9. The molecule has 0 bridgehead atoms. The number of ether oxygens (including phenoxy) is 1. The van der Waals surface area contributed by atoms with Crippen molar-refractivity contribution in [3.63, 3.8) is 0 Å². The fourth-order valence-corrected chi connectivity index (χ4v) is 3.93. The van der Waals surface area contributed by atoms with Crippen LogP contribution in [0.5, 0.6) is 17.2 Å². The molecule has 5 nitrogen and oxygen atoms in total. The van der Waals surface area contributed by atoms with Gasteiger partial charge >= 0.3 is 29.6 Å². The molecule has 0 amide bonds. The van der Waals surface area contributed by atoms with Crippen LogP contribution in [-0.2, 0) is 16.5 Å². The number of hydrogen-bond donors (Lipinski definition) is 1. The minimum absolute atomic E-state index is 0. The van der Waals surface area contributed by atoms with Crippen molar-refractivity contribution in [3.8, 4) is 17.2 Å². The van der Waals surface area contributed by atoms with Gasteiger partial charge in [-0.3, -0.25) is 4.55 Å². The summed E-state index contributed by atoms with van der Waals surface area (Å²) in [4.78, 5) is -0.299. The Morgan fingerprint density at radius 2 is 1.50 bits per heavy atom. The van der Waals surface area contributed by atoms with E-state index < -0.39 is 10.1 Å². The summed E-state index contributed by atoms with van der Waals surface area (Å²) >= 11 is 0. The maximum atomic E-state index is 12.1. The predicted octanol–water partition coefficient (Wildman–Crippen LogP) is 2.88. The number of benzene rings is 2. The van der Waals surface area contributed by atoms with Crippen molar-refractivity contribution >= 4 is 10.1 Å². The van der Waals surface area contributed by atoms with Crippen molar-refractivity contribution in [2.45, 2.75) is 76.0 Å². The molecule has 2 aromatic carbocycles. The van der Waals surface area contributed by atoms with E-state index in [1.54, 1.807) is 12.1 Å². The zero-order valence-corrected chi connectivity index (χ0v) is 20.9. The first-order valence-electron chi connectivity index (χ1n) is 10.5. The molecule has 2 rings (SSSR count). The van der Waals surface area contributed by atoms with Crippen molar-refractivity contribution in [1.29, 1.82) is 0 Å². The average molecular weight is 443 g/mol. The first kappa shape index (κ1) is 27.0. The molecule has 0 aliphatic carbocycles. The van der Waals surface area contributed by atoms with Crippen LogP contribution in [0.25, 0.3) is 0 Å². The van der Waals surface area contributed by atoms with Gasteiger partial charge in [0.15, 0.2) is 0 Å². The number of hydrogen-bond acceptors (Lipinski definition) is 4. The third-order valence-corrected chi connectivity index (χ3v) is 5.83. The molecule has 0 aromatic heterocycles. The number of unbranched alkanes of at least 4 members (excludes halogenated alkanes) is 8. The Labute approximate surface area is 202 Å². The molecule has 0 radical (unpaired) electrons. The Bertz CT molecular complexity index is 868. The van der Waals surface area contributed by atoms with Gasteiger partial charge in [-0.15, -0.1) is 5.75 Å². The fourth-order valence-electron chi connectivity index (χ4n) is 3.32. The largest absolute Gasteiger partial charge is 1.00 e. The number of para-hydroxylation sites is 1. The summed E-state index contributed by atoms with van der Waals surface area (Å²) in [5, 5.41) is 12.1. The monoisotopic (exact) mass is 442 g/mol. The molecule has 0 saturated heterocycles. The second kappa shape index (κ2) is 14.1. The van der Waals surface area contributed by atoms with Crippen molar-refractivity contribution in [1.82, 2.24) is 0 Å². The summed E-state index contributed by atoms with van der Waals surface area (Å²) in [6, 6.07) is 10.5. The van der Waals surface area contributed by atoms with Crippen LogP contribution in [0.1, 0.15) is 70.3 Å². The van der Waals surface area contributed by atoms with Crippen LogP contribution in [0.4, 0.5) is 0 Å². The smallest absolute Gasteiger partial charge is 0.872 e. The molecule has 0 saturated carbocycles. The molecule has 0 heterocycles. The van der Waals surface area contributed by atoms with Gasteiger partial charge in [0.25, 0.3) is 10.1 Å². The molecular formula is C23H31NaO5S. The number of aryl methyl sites for hydroxylation is 1. The van der Waals surface area contributed by atoms with Crippen LogP contribution in [0.3, 0.4) is 0 Å². The summed E-state index contributed by atoms with van der Waals surface area (Å²) in [5.74, 6) is 0.370. The van der Waals surface area contributed by atoms with E-state index in [9.17, 15) is 18.1 Å². The van der Waals surface area contributed by atoms with E-state index >= 15 is 0 Å². The Balaban J connectivity index is 0.00000450. The minimum atomic E-state index is -4.39. The second-order valence-electron chi connectivity index (χ2n) is 7.37. The number of rotatable bonds is 13. The standard InChI is InChI=1S/C23H32O5S.Na/c1-2-3-4-5-6-7-8-9-10-13-19-18-20(16-17-21(19)24)28-22-14-11-12-15-23(22)29(25,26)27;/h11-12,14-18,24H,2-10,13H2,1H3,(H,25,26,27);/q;+1/p-1. The molecule has 0 spiro atoms. The Morgan fingerprint density at radius 3 is 2.13 bits per heavy atom. The molecule has 1 N–H and O–H groups in total. The van der Waals surface area contributed by atoms with Crippen molar-refractivity contribution in [2.24, 2.45) is 0 Å². The first-order valence-corrected chi connectivity index (χ1v) is 11.9. The van der Waals surface area contributed by atoms with E-state index in [1.165, 1.54) is 75.3 Å². The van der Waals surface area contributed by atoms with Crippen molar-refractivity contribution in [2.75, 3.05) is 0 Å². The fraction of sp³-hybridized carbons (Fsp3) is 0.478. The van der Waals surface area contributed by atoms with Crippen LogP contribution in [0, 0.1) is 0 Å². The summed E-state index contributed by atoms with van der Waals surface area (Å²) < 4.78 is 38.0. The van der Waals surface area contributed by atoms with Gasteiger partial charge < -0.3 is 9.84 Å². The Hall–Kier alpha value is -1.05. The third kappa shape index (κ3) is 9.40. The molecule has 30 heavy (non-hydrogen) atoms. The SMILES string of the molecule is CCCCCCCCCCCc1cc(Oc2ccccc2S(=O)(=O)O)ccc1[O-].[Na+]. The van der Waals surface area contributed by atoms with Gasteiger partial charge in [0.05, 0.1) is 0 Å². The zero-order chi connectivity index (χ0) is 21.1. The van der Waals surface area contributed by atoms with E-state index in [0.29, 0.717) is 17.7 Å². The average Bonchev–Trinajstić information content (AvgIpc) is 2.68. The van der Waals surface area contributed by atoms with Gasteiger partial charge in [-0.05, 0) is 37.1 Å². The molecule has 0 unspecified atom stereocenters. The Morgan fingerprint density at radius 1 is 0.900 bits per heavy atom. The van der Waals surface area contributed by atoms with Crippen molar-refractivity contribution in [3.05, 3.63) is 48.0 Å². The molecule has 7 heteroatoms. The van der Waals surface area contributed by atoms with Gasteiger partial charge in [-0.25, -0.2) is 0 Å². The van der Waals surface area contributed by atoms with Gasteiger partial charge in [-0.2, -0.15) is 8.42 Å². The molecule has 0 fully saturated rings. The summed E-state index contributed by atoms with van der Waals surface area (Å²) in [6.45, 7) is 2.22. The topological polar surface area (TPSA) is 86.7 Å². The molecule has 160 valence electrons. The van der Waals surface area contributed by atoms with E-state index in [-0.39, 0.29) is 46.0 Å². The van der Waals surface area contributed by atoms with Gasteiger partial charge in [0, 0.05) is 0 Å². The van der Waals surface area contributed by atoms with Gasteiger partial charge in [0.2, 0.25) is 0 Å². The minimum Gasteiger partial charge on any atom is -0.872 e. The second-order valence-corrected chi connectivity index (χ2v) is 8.76. The maximum Gasteiger partial charge on any atom is 1.00 e. The van der Waals surface area contributed by atoms with E-state index in [0.717, 1.165) is 12.8 Å². The van der Waals surface area contributed by atoms with E-state index in [4.69, 9.17) is 4.74 Å². The molecule has 0 aliphatic rings. The third-order valence-electron chi connectivity index (χ3n) is 4.94. The summed E-state index contributed by atoms with van der Waals surface area (Å²) in [5.41, 5.74) is 0.662. The van der Waals surface area contributed by atoms with E-state index in [2.05, 4.69) is 6.92 Å². The van der Waals surface area contributed by atoms with Gasteiger partial charge in [0.1, 0.15) is 16.4 Å². The van der Waals surface area contributed by atoms with Gasteiger partial charge in [-0.1, -0.05) is 82.1 Å². The summed E-state index contributed by atoms with van der Waals surface area (Å²) in [6.07, 6.45) is 11.6. The van der Waals surface area contributed by atoms with Crippen LogP contribution in [0.15, 0.2) is 47.4 Å². The molecular weight excluding hydrogens is 411 g/mol. The quantitative estimate of drug-likeness (QED) is 0.293. The van der Waals surface area contributed by atoms with Crippen LogP contribution >= 0.6 is 0 Å². The normalized spacial score (nSPS) is 11.1. The maximum absolute atomic E-state index is 12.1. The Kier molecular flexibility index (Phi) is 12.7. The van der Waals surface area contributed by atoms with Crippen LogP contribution < -0.4 is 39.4 Å². The summed E-state index contributed by atoms with van der Waals surface area (Å²) in [7, 11) is -4.39.